The normalized spacial score (nSPS) is 16.6. The van der Waals surface area contributed by atoms with Gasteiger partial charge in [-0.25, -0.2) is 18.7 Å². The molecular formula is C32H28FN7O5. The van der Waals surface area contributed by atoms with Crippen molar-refractivity contribution >= 4 is 23.4 Å². The van der Waals surface area contributed by atoms with Gasteiger partial charge in [0, 0.05) is 36.7 Å². The fourth-order valence-corrected chi connectivity index (χ4v) is 6.28. The second-order valence-corrected chi connectivity index (χ2v) is 11.3. The number of carbonyl (C=O) groups excluding carboxylic acids is 2. The number of halogens is 1. The number of carbonyl (C=O) groups is 3. The van der Waals surface area contributed by atoms with E-state index in [0.29, 0.717) is 67.3 Å². The van der Waals surface area contributed by atoms with Crippen molar-refractivity contribution in [2.75, 3.05) is 13.1 Å². The van der Waals surface area contributed by atoms with Crippen molar-refractivity contribution in [1.82, 2.24) is 35.0 Å². The van der Waals surface area contributed by atoms with E-state index < -0.39 is 11.9 Å². The molecule has 0 radical (unpaired) electrons. The summed E-state index contributed by atoms with van der Waals surface area (Å²) < 4.78 is 20.6. The average Bonchev–Trinajstić information content (AvgIpc) is 3.81. The van der Waals surface area contributed by atoms with E-state index in [1.807, 2.05) is 0 Å². The standard InChI is InChI=1S/C32H28FN7O5/c1-17-21-8-9-24(23(21)7-6-22(17)32(43)44)36-28(41)26-16-25(35-27-10-13-34-40(26)27)31(42)39-14-11-19(12-15-39)30-38-37-29(45-30)18-2-4-20(33)5-3-18/h2-7,10,13,16,19,24H,8-9,11-12,14-15H2,1H3,(H,36,41)(H,43,44)/t24-/m0/s1. The van der Waals surface area contributed by atoms with E-state index in [4.69, 9.17) is 4.42 Å². The molecule has 0 bridgehead atoms. The Hall–Kier alpha value is -5.46. The van der Waals surface area contributed by atoms with E-state index in [1.165, 1.54) is 28.9 Å². The molecular weight excluding hydrogens is 581 g/mol. The highest BCUT2D eigenvalue weighted by Crippen LogP contribution is 2.35. The number of amides is 2. The topological polar surface area (TPSA) is 156 Å². The number of carboxylic acids is 1. The van der Waals surface area contributed by atoms with Crippen molar-refractivity contribution < 1.29 is 28.3 Å². The van der Waals surface area contributed by atoms with E-state index in [-0.39, 0.29) is 40.6 Å². The third-order valence-electron chi connectivity index (χ3n) is 8.70. The molecule has 45 heavy (non-hydrogen) atoms. The number of nitrogens with zero attached hydrogens (tertiary/aromatic N) is 6. The van der Waals surface area contributed by atoms with Gasteiger partial charge >= 0.3 is 5.97 Å². The van der Waals surface area contributed by atoms with E-state index >= 15 is 0 Å². The van der Waals surface area contributed by atoms with Gasteiger partial charge in [-0.2, -0.15) is 5.10 Å². The molecule has 3 aromatic heterocycles. The van der Waals surface area contributed by atoms with Gasteiger partial charge in [0.2, 0.25) is 11.8 Å². The fraction of sp³-hybridized carbons (Fsp3) is 0.281. The second-order valence-electron chi connectivity index (χ2n) is 11.3. The Morgan fingerprint density at radius 2 is 1.80 bits per heavy atom. The van der Waals surface area contributed by atoms with Gasteiger partial charge in [0.05, 0.1) is 17.8 Å². The monoisotopic (exact) mass is 609 g/mol. The summed E-state index contributed by atoms with van der Waals surface area (Å²) in [6.07, 6.45) is 4.00. The molecule has 7 rings (SSSR count). The number of aromatic nitrogens is 5. The van der Waals surface area contributed by atoms with E-state index in [1.54, 1.807) is 42.2 Å². The smallest absolute Gasteiger partial charge is 0.335 e. The predicted octanol–water partition coefficient (Wildman–Crippen LogP) is 4.36. The lowest BCUT2D eigenvalue weighted by Crippen LogP contribution is -2.38. The van der Waals surface area contributed by atoms with Gasteiger partial charge in [-0.15, -0.1) is 10.2 Å². The minimum atomic E-state index is -0.979. The van der Waals surface area contributed by atoms with Crippen molar-refractivity contribution in [1.29, 1.82) is 0 Å². The average molecular weight is 610 g/mol. The first kappa shape index (κ1) is 28.3. The number of fused-ring (bicyclic) bond motifs is 2. The summed E-state index contributed by atoms with van der Waals surface area (Å²) in [6, 6.07) is 12.0. The number of rotatable bonds is 6. The van der Waals surface area contributed by atoms with Crippen LogP contribution in [0.3, 0.4) is 0 Å². The summed E-state index contributed by atoms with van der Waals surface area (Å²) in [7, 11) is 0. The van der Waals surface area contributed by atoms with E-state index in [9.17, 15) is 23.9 Å². The lowest BCUT2D eigenvalue weighted by molar-refractivity contribution is 0.0689. The Balaban J connectivity index is 1.06. The summed E-state index contributed by atoms with van der Waals surface area (Å²) in [5.74, 6) is -1.29. The summed E-state index contributed by atoms with van der Waals surface area (Å²) >= 11 is 0. The minimum absolute atomic E-state index is 0.0353. The minimum Gasteiger partial charge on any atom is -0.478 e. The zero-order valence-electron chi connectivity index (χ0n) is 24.2. The number of carboxylic acid groups (broad SMARTS) is 1. The van der Waals surface area contributed by atoms with Crippen LogP contribution < -0.4 is 5.32 Å². The molecule has 2 aromatic carbocycles. The molecule has 1 saturated heterocycles. The van der Waals surface area contributed by atoms with Gasteiger partial charge in [-0.3, -0.25) is 9.59 Å². The van der Waals surface area contributed by atoms with Gasteiger partial charge in [0.25, 0.3) is 11.8 Å². The molecule has 1 fully saturated rings. The maximum Gasteiger partial charge on any atom is 0.335 e. The largest absolute Gasteiger partial charge is 0.478 e. The van der Waals surface area contributed by atoms with Crippen LogP contribution in [0.25, 0.3) is 17.1 Å². The molecule has 13 heteroatoms. The Bertz CT molecular complexity index is 1960. The Morgan fingerprint density at radius 1 is 1.02 bits per heavy atom. The van der Waals surface area contributed by atoms with Crippen LogP contribution in [0.5, 0.6) is 0 Å². The van der Waals surface area contributed by atoms with Gasteiger partial charge in [-0.1, -0.05) is 6.07 Å². The number of hydrogen-bond donors (Lipinski definition) is 2. The third-order valence-corrected chi connectivity index (χ3v) is 8.70. The lowest BCUT2D eigenvalue weighted by atomic mass is 9.96. The van der Waals surface area contributed by atoms with Crippen molar-refractivity contribution in [2.24, 2.45) is 0 Å². The van der Waals surface area contributed by atoms with Crippen molar-refractivity contribution in [3.63, 3.8) is 0 Å². The van der Waals surface area contributed by atoms with Crippen molar-refractivity contribution in [3.8, 4) is 11.5 Å². The summed E-state index contributed by atoms with van der Waals surface area (Å²) in [4.78, 5) is 44.9. The third kappa shape index (κ3) is 5.19. The van der Waals surface area contributed by atoms with E-state index in [0.717, 1.165) is 11.1 Å². The zero-order valence-corrected chi connectivity index (χ0v) is 24.2. The summed E-state index contributed by atoms with van der Waals surface area (Å²) in [5.41, 5.74) is 4.10. The molecule has 2 N–H and O–H groups in total. The van der Waals surface area contributed by atoms with Crippen molar-refractivity contribution in [3.05, 3.63) is 100 Å². The number of hydrogen-bond acceptors (Lipinski definition) is 8. The zero-order chi connectivity index (χ0) is 31.2. The van der Waals surface area contributed by atoms with E-state index in [2.05, 4.69) is 25.6 Å². The number of nitrogens with one attached hydrogen (secondary N) is 1. The van der Waals surface area contributed by atoms with Gasteiger partial charge in [0.1, 0.15) is 17.2 Å². The highest BCUT2D eigenvalue weighted by molar-refractivity contribution is 5.98. The number of benzene rings is 2. The molecule has 5 aromatic rings. The molecule has 0 spiro atoms. The van der Waals surface area contributed by atoms with Gasteiger partial charge < -0.3 is 19.7 Å². The van der Waals surface area contributed by atoms with Gasteiger partial charge in [0.15, 0.2) is 5.65 Å². The molecule has 2 aliphatic rings. The quantitative estimate of drug-likeness (QED) is 0.286. The highest BCUT2D eigenvalue weighted by Gasteiger charge is 2.31. The van der Waals surface area contributed by atoms with Crippen LogP contribution in [0, 0.1) is 12.7 Å². The lowest BCUT2D eigenvalue weighted by Gasteiger charge is -2.30. The number of likely N-dealkylation sites (tertiary alicyclic amines) is 1. The van der Waals surface area contributed by atoms with Crippen LogP contribution in [0.1, 0.15) is 85.1 Å². The molecule has 0 saturated carbocycles. The maximum absolute atomic E-state index is 13.6. The van der Waals surface area contributed by atoms with Crippen LogP contribution >= 0.6 is 0 Å². The molecule has 1 atom stereocenters. The highest BCUT2D eigenvalue weighted by atomic mass is 19.1. The summed E-state index contributed by atoms with van der Waals surface area (Å²) in [6.45, 7) is 2.65. The first-order valence-corrected chi connectivity index (χ1v) is 14.7. The Kier molecular flexibility index (Phi) is 7.07. The van der Waals surface area contributed by atoms with Crippen LogP contribution in [0.4, 0.5) is 4.39 Å². The molecule has 2 amide bonds. The maximum atomic E-state index is 13.6. The molecule has 12 nitrogen and oxygen atoms in total. The van der Waals surface area contributed by atoms with Crippen LogP contribution in [0.15, 0.2) is 59.1 Å². The Morgan fingerprint density at radius 3 is 2.56 bits per heavy atom. The number of aromatic carboxylic acids is 1. The predicted molar refractivity (Wildman–Crippen MR) is 157 cm³/mol. The molecule has 1 aliphatic heterocycles. The fourth-order valence-electron chi connectivity index (χ4n) is 6.28. The SMILES string of the molecule is Cc1c(C(=O)O)ccc2c1CC[C@@H]2NC(=O)c1cc(C(=O)N2CCC(c3nnc(-c4ccc(F)cc4)o3)CC2)nc2ccnn12. The summed E-state index contributed by atoms with van der Waals surface area (Å²) in [5, 5.41) is 25.1. The second kappa shape index (κ2) is 11.2. The molecule has 228 valence electrons. The van der Waals surface area contributed by atoms with Crippen LogP contribution in [-0.4, -0.2) is 65.7 Å². The molecule has 4 heterocycles. The molecule has 1 aliphatic carbocycles. The Labute approximate surface area is 255 Å². The molecule has 0 unspecified atom stereocenters. The first-order valence-electron chi connectivity index (χ1n) is 14.7. The van der Waals surface area contributed by atoms with Crippen LogP contribution in [-0.2, 0) is 6.42 Å². The van der Waals surface area contributed by atoms with Gasteiger partial charge in [-0.05, 0) is 79.6 Å². The van der Waals surface area contributed by atoms with Crippen LogP contribution in [0.2, 0.25) is 0 Å². The number of piperidine rings is 1. The van der Waals surface area contributed by atoms with Crippen molar-refractivity contribution in [2.45, 2.75) is 44.6 Å². The first-order chi connectivity index (χ1) is 21.8.